The lowest BCUT2D eigenvalue weighted by atomic mass is 9.74. The van der Waals surface area contributed by atoms with Crippen LogP contribution >= 0.6 is 0 Å². The Labute approximate surface area is 102 Å². The molecule has 2 N–H and O–H groups in total. The van der Waals surface area contributed by atoms with Crippen LogP contribution in [-0.2, 0) is 0 Å². The fourth-order valence-corrected chi connectivity index (χ4v) is 2.46. The molecular formula is C14H19NO2. The van der Waals surface area contributed by atoms with Crippen LogP contribution in [0, 0.1) is 6.92 Å². The van der Waals surface area contributed by atoms with E-state index in [1.807, 2.05) is 19.1 Å². The molecule has 0 radical (unpaired) electrons. The van der Waals surface area contributed by atoms with Gasteiger partial charge in [0.1, 0.15) is 0 Å². The van der Waals surface area contributed by atoms with Crippen molar-refractivity contribution in [3.05, 3.63) is 29.3 Å². The average Bonchev–Trinajstić information content (AvgIpc) is 2.23. The maximum atomic E-state index is 10.9. The predicted octanol–water partition coefficient (Wildman–Crippen LogP) is 3.44. The molecule has 3 nitrogen and oxygen atoms in total. The van der Waals surface area contributed by atoms with E-state index < -0.39 is 5.97 Å². The Balaban J connectivity index is 2.17. The largest absolute Gasteiger partial charge is 0.478 e. The monoisotopic (exact) mass is 233 g/mol. The molecule has 1 fully saturated rings. The van der Waals surface area contributed by atoms with Gasteiger partial charge in [-0.05, 0) is 56.4 Å². The van der Waals surface area contributed by atoms with Gasteiger partial charge in [-0.2, -0.15) is 0 Å². The first-order valence-electron chi connectivity index (χ1n) is 6.18. The molecule has 2 rings (SSSR count). The van der Waals surface area contributed by atoms with E-state index in [0.717, 1.165) is 17.7 Å². The van der Waals surface area contributed by atoms with Gasteiger partial charge in [0, 0.05) is 11.2 Å². The molecule has 1 saturated carbocycles. The highest BCUT2D eigenvalue weighted by Crippen LogP contribution is 2.38. The molecule has 3 heteroatoms. The maximum Gasteiger partial charge on any atom is 0.335 e. The Morgan fingerprint density at radius 1 is 1.47 bits per heavy atom. The van der Waals surface area contributed by atoms with Crippen LogP contribution in [0.2, 0.25) is 0 Å². The van der Waals surface area contributed by atoms with Gasteiger partial charge in [-0.15, -0.1) is 0 Å². The second-order valence-electron chi connectivity index (χ2n) is 4.95. The molecule has 0 aliphatic heterocycles. The van der Waals surface area contributed by atoms with Crippen LogP contribution in [0.1, 0.15) is 48.5 Å². The normalized spacial score (nSPS) is 17.3. The summed E-state index contributed by atoms with van der Waals surface area (Å²) in [6.45, 7) is 4.04. The highest BCUT2D eigenvalue weighted by molar-refractivity contribution is 5.89. The van der Waals surface area contributed by atoms with E-state index in [1.54, 1.807) is 6.07 Å². The zero-order valence-electron chi connectivity index (χ0n) is 10.4. The van der Waals surface area contributed by atoms with E-state index >= 15 is 0 Å². The van der Waals surface area contributed by atoms with Gasteiger partial charge >= 0.3 is 5.97 Å². The number of carbonyl (C=O) groups is 1. The van der Waals surface area contributed by atoms with Crippen molar-refractivity contribution < 1.29 is 9.90 Å². The lowest BCUT2D eigenvalue weighted by Gasteiger charge is -2.43. The highest BCUT2D eigenvalue weighted by Gasteiger charge is 2.34. The number of nitrogens with one attached hydrogen (secondary N) is 1. The summed E-state index contributed by atoms with van der Waals surface area (Å²) in [6, 6.07) is 5.48. The van der Waals surface area contributed by atoms with Gasteiger partial charge in [0.05, 0.1) is 5.56 Å². The molecule has 1 aliphatic rings. The van der Waals surface area contributed by atoms with Crippen molar-refractivity contribution in [1.82, 2.24) is 0 Å². The predicted molar refractivity (Wildman–Crippen MR) is 68.6 cm³/mol. The van der Waals surface area contributed by atoms with Crippen molar-refractivity contribution in [1.29, 1.82) is 0 Å². The first-order chi connectivity index (χ1) is 8.06. The summed E-state index contributed by atoms with van der Waals surface area (Å²) >= 11 is 0. The van der Waals surface area contributed by atoms with Gasteiger partial charge in [0.15, 0.2) is 0 Å². The minimum Gasteiger partial charge on any atom is -0.478 e. The third-order valence-corrected chi connectivity index (χ3v) is 3.85. The van der Waals surface area contributed by atoms with Crippen LogP contribution in [0.25, 0.3) is 0 Å². The summed E-state index contributed by atoms with van der Waals surface area (Å²) in [5.41, 5.74) is 2.48. The Bertz CT molecular complexity index is 430. The fourth-order valence-electron chi connectivity index (χ4n) is 2.46. The molecule has 0 aromatic heterocycles. The molecule has 1 aliphatic carbocycles. The maximum absolute atomic E-state index is 10.9. The fraction of sp³-hybridized carbons (Fsp3) is 0.500. The quantitative estimate of drug-likeness (QED) is 0.837. The van der Waals surface area contributed by atoms with E-state index in [4.69, 9.17) is 5.11 Å². The smallest absolute Gasteiger partial charge is 0.335 e. The van der Waals surface area contributed by atoms with Crippen LogP contribution in [0.4, 0.5) is 5.69 Å². The molecule has 1 aromatic carbocycles. The Hall–Kier alpha value is -1.51. The van der Waals surface area contributed by atoms with Gasteiger partial charge < -0.3 is 10.4 Å². The molecule has 0 unspecified atom stereocenters. The first kappa shape index (κ1) is 12.0. The number of benzene rings is 1. The number of anilines is 1. The number of carboxylic acid groups (broad SMARTS) is 1. The molecule has 0 bridgehead atoms. The van der Waals surface area contributed by atoms with Crippen LogP contribution in [0.15, 0.2) is 18.2 Å². The molecular weight excluding hydrogens is 214 g/mol. The molecule has 0 saturated heterocycles. The zero-order valence-corrected chi connectivity index (χ0v) is 10.4. The molecule has 92 valence electrons. The van der Waals surface area contributed by atoms with Gasteiger partial charge in [-0.3, -0.25) is 0 Å². The number of hydrogen-bond acceptors (Lipinski definition) is 2. The number of hydrogen-bond donors (Lipinski definition) is 2. The third-order valence-electron chi connectivity index (χ3n) is 3.85. The zero-order chi connectivity index (χ0) is 12.5. The summed E-state index contributed by atoms with van der Waals surface area (Å²) in [4.78, 5) is 10.9. The molecule has 17 heavy (non-hydrogen) atoms. The van der Waals surface area contributed by atoms with E-state index in [0.29, 0.717) is 5.56 Å². The minimum absolute atomic E-state index is 0.247. The van der Waals surface area contributed by atoms with Gasteiger partial charge in [-0.1, -0.05) is 6.92 Å². The van der Waals surface area contributed by atoms with Crippen molar-refractivity contribution in [3.63, 3.8) is 0 Å². The molecule has 0 amide bonds. The van der Waals surface area contributed by atoms with Crippen LogP contribution < -0.4 is 5.32 Å². The molecule has 0 atom stereocenters. The standard InChI is InChI=1S/C14H19NO2/c1-3-14(7-4-8-14)15-11-5-6-12(13(16)17)10(2)9-11/h5-6,9,15H,3-4,7-8H2,1-2H3,(H,16,17). The van der Waals surface area contributed by atoms with Crippen molar-refractivity contribution >= 4 is 11.7 Å². The lowest BCUT2D eigenvalue weighted by Crippen LogP contribution is -2.44. The Morgan fingerprint density at radius 3 is 2.59 bits per heavy atom. The Morgan fingerprint density at radius 2 is 2.18 bits per heavy atom. The minimum atomic E-state index is -0.858. The second-order valence-corrected chi connectivity index (χ2v) is 4.95. The van der Waals surface area contributed by atoms with E-state index in [1.165, 1.54) is 19.3 Å². The number of carboxylic acids is 1. The molecule has 0 spiro atoms. The summed E-state index contributed by atoms with van der Waals surface area (Å²) in [5.74, 6) is -0.858. The van der Waals surface area contributed by atoms with Crippen molar-refractivity contribution in [2.75, 3.05) is 5.32 Å². The number of aromatic carboxylic acids is 1. The lowest BCUT2D eigenvalue weighted by molar-refractivity contribution is 0.0696. The van der Waals surface area contributed by atoms with Crippen molar-refractivity contribution in [3.8, 4) is 0 Å². The second kappa shape index (κ2) is 4.40. The van der Waals surface area contributed by atoms with Gasteiger partial charge in [0.2, 0.25) is 0 Å². The van der Waals surface area contributed by atoms with Crippen molar-refractivity contribution in [2.45, 2.75) is 45.1 Å². The Kier molecular flexibility index (Phi) is 3.09. The average molecular weight is 233 g/mol. The summed E-state index contributed by atoms with van der Waals surface area (Å²) in [6.07, 6.45) is 4.83. The first-order valence-corrected chi connectivity index (χ1v) is 6.18. The number of aryl methyl sites for hydroxylation is 1. The molecule has 1 aromatic rings. The van der Waals surface area contributed by atoms with Gasteiger partial charge in [0.25, 0.3) is 0 Å². The SMILES string of the molecule is CCC1(Nc2ccc(C(=O)O)c(C)c2)CCC1. The third kappa shape index (κ3) is 2.28. The summed E-state index contributed by atoms with van der Waals surface area (Å²) < 4.78 is 0. The van der Waals surface area contributed by atoms with Crippen LogP contribution in [0.3, 0.4) is 0 Å². The molecule has 0 heterocycles. The summed E-state index contributed by atoms with van der Waals surface area (Å²) in [7, 11) is 0. The van der Waals surface area contributed by atoms with Crippen molar-refractivity contribution in [2.24, 2.45) is 0 Å². The van der Waals surface area contributed by atoms with E-state index in [2.05, 4.69) is 12.2 Å². The van der Waals surface area contributed by atoms with Gasteiger partial charge in [-0.25, -0.2) is 4.79 Å². The van der Waals surface area contributed by atoms with Crippen LogP contribution in [-0.4, -0.2) is 16.6 Å². The summed E-state index contributed by atoms with van der Waals surface area (Å²) in [5, 5.41) is 12.5. The van der Waals surface area contributed by atoms with Crippen LogP contribution in [0.5, 0.6) is 0 Å². The van der Waals surface area contributed by atoms with E-state index in [-0.39, 0.29) is 5.54 Å². The number of rotatable bonds is 4. The van der Waals surface area contributed by atoms with E-state index in [9.17, 15) is 4.79 Å². The topological polar surface area (TPSA) is 49.3 Å². The highest BCUT2D eigenvalue weighted by atomic mass is 16.4.